The van der Waals surface area contributed by atoms with Crippen molar-refractivity contribution in [2.24, 2.45) is 10.9 Å². The van der Waals surface area contributed by atoms with E-state index in [4.69, 9.17) is 9.84 Å². The van der Waals surface area contributed by atoms with E-state index in [9.17, 15) is 9.59 Å². The molecule has 1 aromatic carbocycles. The zero-order chi connectivity index (χ0) is 15.0. The Kier molecular flexibility index (Phi) is 6.22. The molecule has 1 N–H and O–H groups in total. The minimum atomic E-state index is -1.40. The van der Waals surface area contributed by atoms with E-state index in [2.05, 4.69) is 9.73 Å². The average Bonchev–Trinajstić information content (AvgIpc) is 2.41. The number of benzene rings is 1. The maximum Gasteiger partial charge on any atom is 0.325 e. The molecule has 0 aliphatic carbocycles. The smallest absolute Gasteiger partial charge is 0.325 e. The largest absolute Gasteiger partial charge is 0.494 e. The number of hydrogen-bond donors (Lipinski definition) is 1. The average molecular weight is 279 g/mol. The van der Waals surface area contributed by atoms with Crippen LogP contribution in [0.4, 0.5) is 5.69 Å². The lowest BCUT2D eigenvalue weighted by molar-refractivity contribution is -0.154. The second-order valence-electron chi connectivity index (χ2n) is 3.77. The third-order valence-corrected chi connectivity index (χ3v) is 2.33. The molecule has 0 fully saturated rings. The number of nitrogens with zero attached hydrogens (tertiary/aromatic N) is 1. The molecule has 0 saturated carbocycles. The summed E-state index contributed by atoms with van der Waals surface area (Å²) in [4.78, 5) is 26.4. The molecule has 0 aliphatic rings. The Hall–Kier alpha value is -2.37. The first kappa shape index (κ1) is 15.7. The molecule has 1 rings (SSSR count). The highest BCUT2D eigenvalue weighted by Crippen LogP contribution is 2.18. The van der Waals surface area contributed by atoms with Gasteiger partial charge in [0.1, 0.15) is 5.75 Å². The second kappa shape index (κ2) is 7.93. The van der Waals surface area contributed by atoms with Crippen molar-refractivity contribution in [1.29, 1.82) is 0 Å². The van der Waals surface area contributed by atoms with Crippen molar-refractivity contribution < 1.29 is 24.2 Å². The predicted molar refractivity (Wildman–Crippen MR) is 73.5 cm³/mol. The van der Waals surface area contributed by atoms with E-state index in [-0.39, 0.29) is 6.61 Å². The molecule has 1 atom stereocenters. The van der Waals surface area contributed by atoms with Crippen molar-refractivity contribution in [1.82, 2.24) is 0 Å². The van der Waals surface area contributed by atoms with Gasteiger partial charge in [0.2, 0.25) is 0 Å². The van der Waals surface area contributed by atoms with Gasteiger partial charge in [0, 0.05) is 6.21 Å². The maximum absolute atomic E-state index is 11.4. The van der Waals surface area contributed by atoms with Crippen LogP contribution >= 0.6 is 0 Å². The topological polar surface area (TPSA) is 85.2 Å². The maximum atomic E-state index is 11.4. The van der Waals surface area contributed by atoms with E-state index < -0.39 is 17.9 Å². The SMILES string of the molecule is CCOC(=O)C(C=Nc1ccc(OCC)cc1)C(=O)O. The zero-order valence-corrected chi connectivity index (χ0v) is 11.4. The quantitative estimate of drug-likeness (QED) is 0.469. The molecule has 6 nitrogen and oxygen atoms in total. The van der Waals surface area contributed by atoms with Gasteiger partial charge in [0.15, 0.2) is 5.92 Å². The molecular weight excluding hydrogens is 262 g/mol. The third kappa shape index (κ3) is 4.72. The molecule has 0 radical (unpaired) electrons. The van der Waals surface area contributed by atoms with E-state index in [0.29, 0.717) is 18.0 Å². The van der Waals surface area contributed by atoms with Crippen LogP contribution in [0.1, 0.15) is 13.8 Å². The molecule has 0 aliphatic heterocycles. The summed E-state index contributed by atoms with van der Waals surface area (Å²) in [6, 6.07) is 6.78. The highest BCUT2D eigenvalue weighted by Gasteiger charge is 2.25. The van der Waals surface area contributed by atoms with Gasteiger partial charge in [0.05, 0.1) is 18.9 Å². The Labute approximate surface area is 117 Å². The van der Waals surface area contributed by atoms with E-state index >= 15 is 0 Å². The number of aliphatic carboxylic acids is 1. The van der Waals surface area contributed by atoms with Crippen LogP contribution in [0.15, 0.2) is 29.3 Å². The summed E-state index contributed by atoms with van der Waals surface area (Å²) < 4.78 is 9.95. The first-order valence-corrected chi connectivity index (χ1v) is 6.25. The summed E-state index contributed by atoms with van der Waals surface area (Å²) in [5, 5.41) is 8.95. The fourth-order valence-electron chi connectivity index (χ4n) is 1.41. The monoisotopic (exact) mass is 279 g/mol. The number of hydrogen-bond acceptors (Lipinski definition) is 5. The number of esters is 1. The Bertz CT molecular complexity index is 481. The summed E-state index contributed by atoms with van der Waals surface area (Å²) in [5.41, 5.74) is 0.531. The van der Waals surface area contributed by atoms with Crippen LogP contribution in [0.5, 0.6) is 5.75 Å². The lowest BCUT2D eigenvalue weighted by atomic mass is 10.2. The van der Waals surface area contributed by atoms with E-state index in [1.807, 2.05) is 6.92 Å². The lowest BCUT2D eigenvalue weighted by Crippen LogP contribution is -2.27. The minimum Gasteiger partial charge on any atom is -0.494 e. The molecule has 0 saturated heterocycles. The Balaban J connectivity index is 2.77. The number of aliphatic imine (C=N–C) groups is 1. The molecule has 0 heterocycles. The zero-order valence-electron chi connectivity index (χ0n) is 11.4. The molecule has 6 heteroatoms. The number of carbonyl (C=O) groups excluding carboxylic acids is 1. The molecule has 1 aromatic rings. The van der Waals surface area contributed by atoms with Gasteiger partial charge in [-0.2, -0.15) is 0 Å². The third-order valence-electron chi connectivity index (χ3n) is 2.33. The van der Waals surface area contributed by atoms with Crippen LogP contribution in [0.2, 0.25) is 0 Å². The van der Waals surface area contributed by atoms with Crippen molar-refractivity contribution in [3.63, 3.8) is 0 Å². The molecule has 1 unspecified atom stereocenters. The van der Waals surface area contributed by atoms with Gasteiger partial charge < -0.3 is 14.6 Å². The van der Waals surface area contributed by atoms with E-state index in [0.717, 1.165) is 6.21 Å². The summed E-state index contributed by atoms with van der Waals surface area (Å²) in [6.45, 7) is 4.18. The van der Waals surface area contributed by atoms with Gasteiger partial charge in [-0.05, 0) is 38.1 Å². The van der Waals surface area contributed by atoms with Crippen LogP contribution in [0, 0.1) is 5.92 Å². The van der Waals surface area contributed by atoms with Gasteiger partial charge in [0.25, 0.3) is 0 Å². The number of ether oxygens (including phenoxy) is 2. The Morgan fingerprint density at radius 3 is 2.40 bits per heavy atom. The number of carboxylic acid groups (broad SMARTS) is 1. The number of carboxylic acids is 1. The Morgan fingerprint density at radius 1 is 1.25 bits per heavy atom. The van der Waals surface area contributed by atoms with Gasteiger partial charge in [-0.25, -0.2) is 0 Å². The van der Waals surface area contributed by atoms with Crippen molar-refractivity contribution in [3.8, 4) is 5.75 Å². The second-order valence-corrected chi connectivity index (χ2v) is 3.77. The van der Waals surface area contributed by atoms with Crippen LogP contribution < -0.4 is 4.74 Å². The molecule has 0 amide bonds. The highest BCUT2D eigenvalue weighted by atomic mass is 16.5. The highest BCUT2D eigenvalue weighted by molar-refractivity contribution is 6.08. The van der Waals surface area contributed by atoms with Gasteiger partial charge >= 0.3 is 11.9 Å². The molecule has 0 aromatic heterocycles. The normalized spacial score (nSPS) is 12.1. The minimum absolute atomic E-state index is 0.125. The van der Waals surface area contributed by atoms with Crippen molar-refractivity contribution in [2.45, 2.75) is 13.8 Å². The molecular formula is C14H17NO5. The van der Waals surface area contributed by atoms with Gasteiger partial charge in [-0.15, -0.1) is 0 Å². The van der Waals surface area contributed by atoms with Crippen molar-refractivity contribution >= 4 is 23.8 Å². The van der Waals surface area contributed by atoms with Crippen LogP contribution in [0.25, 0.3) is 0 Å². The van der Waals surface area contributed by atoms with E-state index in [1.54, 1.807) is 31.2 Å². The van der Waals surface area contributed by atoms with Crippen LogP contribution in [0.3, 0.4) is 0 Å². The lowest BCUT2D eigenvalue weighted by Gasteiger charge is -2.06. The van der Waals surface area contributed by atoms with Crippen LogP contribution in [-0.4, -0.2) is 36.5 Å². The number of carbonyl (C=O) groups is 2. The van der Waals surface area contributed by atoms with E-state index in [1.165, 1.54) is 0 Å². The molecule has 108 valence electrons. The fraction of sp³-hybridized carbons (Fsp3) is 0.357. The first-order valence-electron chi connectivity index (χ1n) is 6.25. The van der Waals surface area contributed by atoms with Gasteiger partial charge in [-0.3, -0.25) is 14.6 Å². The molecule has 20 heavy (non-hydrogen) atoms. The number of rotatable bonds is 7. The van der Waals surface area contributed by atoms with Crippen molar-refractivity contribution in [3.05, 3.63) is 24.3 Å². The summed E-state index contributed by atoms with van der Waals surface area (Å²) in [7, 11) is 0. The van der Waals surface area contributed by atoms with Crippen molar-refractivity contribution in [2.75, 3.05) is 13.2 Å². The molecule has 0 spiro atoms. The Morgan fingerprint density at radius 2 is 1.90 bits per heavy atom. The van der Waals surface area contributed by atoms with Crippen LogP contribution in [-0.2, 0) is 14.3 Å². The first-order chi connectivity index (χ1) is 9.58. The fourth-order valence-corrected chi connectivity index (χ4v) is 1.41. The summed E-state index contributed by atoms with van der Waals surface area (Å²) in [5.74, 6) is -2.82. The molecule has 0 bridgehead atoms. The summed E-state index contributed by atoms with van der Waals surface area (Å²) >= 11 is 0. The van der Waals surface area contributed by atoms with Gasteiger partial charge in [-0.1, -0.05) is 0 Å². The standard InChI is InChI=1S/C14H17NO5/c1-3-19-11-7-5-10(6-8-11)15-9-12(13(16)17)14(18)20-4-2/h5-9,12H,3-4H2,1-2H3,(H,16,17). The predicted octanol–water partition coefficient (Wildman–Crippen LogP) is 2.05. The summed E-state index contributed by atoms with van der Waals surface area (Å²) in [6.07, 6.45) is 1.07.